The molecule has 0 fully saturated rings. The summed E-state index contributed by atoms with van der Waals surface area (Å²) in [6.07, 6.45) is 0. The molecule has 1 atom stereocenters. The van der Waals surface area contributed by atoms with E-state index in [0.717, 1.165) is 10.2 Å². The highest BCUT2D eigenvalue weighted by Gasteiger charge is 2.24. The molecular weight excluding hydrogens is 260 g/mol. The zero-order chi connectivity index (χ0) is 11.0. The van der Waals surface area contributed by atoms with Crippen molar-refractivity contribution >= 4 is 33.2 Å². The molecule has 0 spiro atoms. The van der Waals surface area contributed by atoms with Gasteiger partial charge in [0.1, 0.15) is 11.7 Å². The Bertz CT molecular complexity index is 420. The van der Waals surface area contributed by atoms with Gasteiger partial charge in [-0.05, 0) is 35.0 Å². The summed E-state index contributed by atoms with van der Waals surface area (Å²) < 4.78 is 6.05. The van der Waals surface area contributed by atoms with Crippen molar-refractivity contribution in [2.75, 3.05) is 17.7 Å². The molecule has 4 nitrogen and oxygen atoms in total. The molecule has 1 aromatic carbocycles. The Hall–Kier alpha value is -1.23. The summed E-state index contributed by atoms with van der Waals surface area (Å²) in [5.74, 6) is 0.583. The highest BCUT2D eigenvalue weighted by molar-refractivity contribution is 9.10. The van der Waals surface area contributed by atoms with Gasteiger partial charge in [-0.2, -0.15) is 0 Å². The third-order valence-electron chi connectivity index (χ3n) is 2.33. The summed E-state index contributed by atoms with van der Waals surface area (Å²) in [5.41, 5.74) is 1.57. The number of fused-ring (bicyclic) bond motifs is 1. The summed E-state index contributed by atoms with van der Waals surface area (Å²) >= 11 is 3.37. The van der Waals surface area contributed by atoms with Crippen molar-refractivity contribution < 1.29 is 9.53 Å². The number of methoxy groups -OCH3 is 1. The van der Waals surface area contributed by atoms with Crippen LogP contribution in [-0.4, -0.2) is 19.1 Å². The van der Waals surface area contributed by atoms with Crippen molar-refractivity contribution in [2.45, 2.75) is 13.0 Å². The first-order chi connectivity index (χ1) is 7.13. The Kier molecular flexibility index (Phi) is 2.56. The summed E-state index contributed by atoms with van der Waals surface area (Å²) in [7, 11) is 1.57. The smallest absolute Gasteiger partial charge is 0.246 e. The molecule has 2 rings (SSSR count). The average molecular weight is 271 g/mol. The van der Waals surface area contributed by atoms with Gasteiger partial charge in [0.15, 0.2) is 5.75 Å². The Labute approximate surface area is 96.1 Å². The van der Waals surface area contributed by atoms with E-state index >= 15 is 0 Å². The van der Waals surface area contributed by atoms with Crippen LogP contribution in [0.3, 0.4) is 0 Å². The number of halogens is 1. The van der Waals surface area contributed by atoms with Gasteiger partial charge in [-0.1, -0.05) is 0 Å². The predicted molar refractivity (Wildman–Crippen MR) is 62.4 cm³/mol. The van der Waals surface area contributed by atoms with E-state index < -0.39 is 0 Å². The molecule has 0 saturated carbocycles. The van der Waals surface area contributed by atoms with E-state index in [1.165, 1.54) is 0 Å². The lowest BCUT2D eigenvalue weighted by molar-refractivity contribution is -0.116. The van der Waals surface area contributed by atoms with E-state index in [9.17, 15) is 4.79 Å². The van der Waals surface area contributed by atoms with Crippen LogP contribution in [0.5, 0.6) is 5.75 Å². The lowest BCUT2D eigenvalue weighted by Crippen LogP contribution is -2.36. The molecule has 1 aliphatic heterocycles. The summed E-state index contributed by atoms with van der Waals surface area (Å²) in [4.78, 5) is 11.5. The summed E-state index contributed by atoms with van der Waals surface area (Å²) in [6.45, 7) is 1.81. The number of ether oxygens (including phenoxy) is 1. The number of nitrogens with one attached hydrogen (secondary N) is 2. The highest BCUT2D eigenvalue weighted by Crippen LogP contribution is 2.40. The second-order valence-corrected chi connectivity index (χ2v) is 4.21. The minimum atomic E-state index is -0.219. The fourth-order valence-corrected chi connectivity index (χ4v) is 2.02. The summed E-state index contributed by atoms with van der Waals surface area (Å²) in [5, 5.41) is 5.91. The minimum absolute atomic E-state index is 0.0566. The SMILES string of the molecule is COc1c(Br)ccc2c1NC(=O)C(C)N2. The number of amides is 1. The Morgan fingerprint density at radius 3 is 2.87 bits per heavy atom. The second-order valence-electron chi connectivity index (χ2n) is 3.36. The van der Waals surface area contributed by atoms with Crippen LogP contribution in [0.4, 0.5) is 11.4 Å². The minimum Gasteiger partial charge on any atom is -0.493 e. The second kappa shape index (κ2) is 3.73. The van der Waals surface area contributed by atoms with Gasteiger partial charge < -0.3 is 15.4 Å². The van der Waals surface area contributed by atoms with Crippen LogP contribution in [-0.2, 0) is 4.79 Å². The van der Waals surface area contributed by atoms with Crippen LogP contribution in [0.1, 0.15) is 6.92 Å². The third kappa shape index (κ3) is 1.67. The van der Waals surface area contributed by atoms with Gasteiger partial charge in [0, 0.05) is 0 Å². The first kappa shape index (κ1) is 10.3. The van der Waals surface area contributed by atoms with E-state index in [2.05, 4.69) is 26.6 Å². The molecule has 15 heavy (non-hydrogen) atoms. The lowest BCUT2D eigenvalue weighted by Gasteiger charge is -2.26. The normalized spacial score (nSPS) is 18.9. The van der Waals surface area contributed by atoms with Gasteiger partial charge in [0.05, 0.1) is 17.3 Å². The molecule has 1 aromatic rings. The molecule has 0 bridgehead atoms. The van der Waals surface area contributed by atoms with Gasteiger partial charge in [0.2, 0.25) is 5.91 Å². The zero-order valence-corrected chi connectivity index (χ0v) is 10.0. The van der Waals surface area contributed by atoms with E-state index in [4.69, 9.17) is 4.74 Å². The number of benzene rings is 1. The molecule has 1 aliphatic rings. The Balaban J connectivity index is 2.52. The van der Waals surface area contributed by atoms with Gasteiger partial charge in [-0.3, -0.25) is 4.79 Å². The average Bonchev–Trinajstić information content (AvgIpc) is 2.21. The molecular formula is C10H11BrN2O2. The van der Waals surface area contributed by atoms with Crippen molar-refractivity contribution in [3.05, 3.63) is 16.6 Å². The number of carbonyl (C=O) groups excluding carboxylic acids is 1. The van der Waals surface area contributed by atoms with Crippen LogP contribution in [0.2, 0.25) is 0 Å². The third-order valence-corrected chi connectivity index (χ3v) is 2.95. The lowest BCUT2D eigenvalue weighted by atomic mass is 10.1. The highest BCUT2D eigenvalue weighted by atomic mass is 79.9. The van der Waals surface area contributed by atoms with Gasteiger partial charge in [-0.25, -0.2) is 0 Å². The maximum Gasteiger partial charge on any atom is 0.246 e. The van der Waals surface area contributed by atoms with Gasteiger partial charge in [-0.15, -0.1) is 0 Å². The van der Waals surface area contributed by atoms with Crippen LogP contribution in [0.25, 0.3) is 0 Å². The van der Waals surface area contributed by atoms with Crippen LogP contribution >= 0.6 is 15.9 Å². The molecule has 0 radical (unpaired) electrons. The quantitative estimate of drug-likeness (QED) is 0.823. The molecule has 5 heteroatoms. The molecule has 1 unspecified atom stereocenters. The van der Waals surface area contributed by atoms with Crippen LogP contribution < -0.4 is 15.4 Å². The van der Waals surface area contributed by atoms with E-state index in [0.29, 0.717) is 11.4 Å². The number of carbonyl (C=O) groups is 1. The molecule has 80 valence electrons. The molecule has 1 amide bonds. The van der Waals surface area contributed by atoms with Crippen LogP contribution in [0.15, 0.2) is 16.6 Å². The molecule has 0 saturated heterocycles. The Morgan fingerprint density at radius 1 is 1.47 bits per heavy atom. The monoisotopic (exact) mass is 270 g/mol. The molecule has 2 N–H and O–H groups in total. The zero-order valence-electron chi connectivity index (χ0n) is 8.43. The Morgan fingerprint density at radius 2 is 2.20 bits per heavy atom. The van der Waals surface area contributed by atoms with Crippen molar-refractivity contribution in [3.63, 3.8) is 0 Å². The molecule has 1 heterocycles. The maximum absolute atomic E-state index is 11.5. The topological polar surface area (TPSA) is 50.4 Å². The number of hydrogen-bond acceptors (Lipinski definition) is 3. The van der Waals surface area contributed by atoms with Gasteiger partial charge >= 0.3 is 0 Å². The standard InChI is InChI=1S/C10H11BrN2O2/c1-5-10(14)13-8-7(12-5)4-3-6(11)9(8)15-2/h3-5,12H,1-2H3,(H,13,14). The predicted octanol–water partition coefficient (Wildman–Crippen LogP) is 2.21. The number of rotatable bonds is 1. The van der Waals surface area contributed by atoms with Crippen LogP contribution in [0, 0.1) is 0 Å². The number of anilines is 2. The first-order valence-corrected chi connectivity index (χ1v) is 5.36. The fourth-order valence-electron chi connectivity index (χ4n) is 1.53. The van der Waals surface area contributed by atoms with E-state index in [1.807, 2.05) is 19.1 Å². The first-order valence-electron chi connectivity index (χ1n) is 4.57. The van der Waals surface area contributed by atoms with Crippen molar-refractivity contribution in [3.8, 4) is 5.75 Å². The van der Waals surface area contributed by atoms with E-state index in [1.54, 1.807) is 7.11 Å². The fraction of sp³-hybridized carbons (Fsp3) is 0.300. The number of hydrogen-bond donors (Lipinski definition) is 2. The van der Waals surface area contributed by atoms with Gasteiger partial charge in [0.25, 0.3) is 0 Å². The summed E-state index contributed by atoms with van der Waals surface area (Å²) in [6, 6.07) is 3.57. The maximum atomic E-state index is 11.5. The van der Waals surface area contributed by atoms with Crippen molar-refractivity contribution in [1.29, 1.82) is 0 Å². The molecule has 0 aliphatic carbocycles. The van der Waals surface area contributed by atoms with Crippen molar-refractivity contribution in [1.82, 2.24) is 0 Å². The molecule has 0 aromatic heterocycles. The largest absolute Gasteiger partial charge is 0.493 e. The van der Waals surface area contributed by atoms with Crippen molar-refractivity contribution in [2.24, 2.45) is 0 Å². The van der Waals surface area contributed by atoms with E-state index in [-0.39, 0.29) is 11.9 Å².